The van der Waals surface area contributed by atoms with Gasteiger partial charge in [0.25, 0.3) is 10.0 Å². The van der Waals surface area contributed by atoms with Crippen molar-refractivity contribution in [2.75, 3.05) is 38.7 Å². The minimum Gasteiger partial charge on any atom is -0.495 e. The van der Waals surface area contributed by atoms with E-state index in [2.05, 4.69) is 21.2 Å². The molecule has 0 bridgehead atoms. The Bertz CT molecular complexity index is 1860. The van der Waals surface area contributed by atoms with Gasteiger partial charge in [0, 0.05) is 35.1 Å². The molecule has 0 fully saturated rings. The van der Waals surface area contributed by atoms with Crippen molar-refractivity contribution in [1.82, 2.24) is 10.2 Å². The van der Waals surface area contributed by atoms with Crippen LogP contribution in [0.4, 0.5) is 5.69 Å². The molecule has 0 heterocycles. The van der Waals surface area contributed by atoms with Crippen molar-refractivity contribution in [2.45, 2.75) is 43.7 Å². The summed E-state index contributed by atoms with van der Waals surface area (Å²) in [5, 5.41) is 3.22. The van der Waals surface area contributed by atoms with Gasteiger partial charge in [-0.05, 0) is 60.0 Å². The van der Waals surface area contributed by atoms with Gasteiger partial charge in [0.15, 0.2) is 11.5 Å². The quantitative estimate of drug-likeness (QED) is 0.116. The Morgan fingerprint density at radius 2 is 1.50 bits per heavy atom. The van der Waals surface area contributed by atoms with Crippen LogP contribution in [0.15, 0.2) is 100 Å². The number of carbonyl (C=O) groups excluding carboxylic acids is 2. The second kappa shape index (κ2) is 18.1. The van der Waals surface area contributed by atoms with E-state index < -0.39 is 28.5 Å². The van der Waals surface area contributed by atoms with E-state index in [0.29, 0.717) is 12.3 Å². The highest BCUT2D eigenvalue weighted by molar-refractivity contribution is 9.10. The minimum absolute atomic E-state index is 0.0295. The van der Waals surface area contributed by atoms with Crippen LogP contribution in [0.1, 0.15) is 30.9 Å². The number of nitrogens with one attached hydrogen (secondary N) is 1. The summed E-state index contributed by atoms with van der Waals surface area (Å²) >= 11 is 9.85. The predicted octanol–water partition coefficient (Wildman–Crippen LogP) is 6.88. The fourth-order valence-corrected chi connectivity index (χ4v) is 7.19. The molecule has 0 saturated heterocycles. The highest BCUT2D eigenvalue weighted by atomic mass is 79.9. The summed E-state index contributed by atoms with van der Waals surface area (Å²) in [6, 6.07) is 24.4. The van der Waals surface area contributed by atoms with E-state index in [4.69, 9.17) is 25.8 Å². The molecule has 10 nitrogen and oxygen atoms in total. The summed E-state index contributed by atoms with van der Waals surface area (Å²) in [5.41, 5.74) is 1.62. The average molecular weight is 787 g/mol. The number of sulfonamides is 1. The van der Waals surface area contributed by atoms with Crippen LogP contribution in [0.2, 0.25) is 5.02 Å². The van der Waals surface area contributed by atoms with Crippen LogP contribution < -0.4 is 23.8 Å². The molecule has 4 aromatic carbocycles. The van der Waals surface area contributed by atoms with Crippen molar-refractivity contribution >= 4 is 55.1 Å². The van der Waals surface area contributed by atoms with Crippen LogP contribution in [0.3, 0.4) is 0 Å². The Hall–Kier alpha value is -4.26. The second-order valence-electron chi connectivity index (χ2n) is 11.3. The van der Waals surface area contributed by atoms with Gasteiger partial charge in [-0.3, -0.25) is 13.9 Å². The van der Waals surface area contributed by atoms with Crippen LogP contribution in [0.5, 0.6) is 17.2 Å². The second-order valence-corrected chi connectivity index (χ2v) is 14.6. The first kappa shape index (κ1) is 38.5. The Morgan fingerprint density at radius 1 is 0.840 bits per heavy atom. The standard InChI is InChI=1S/C37H41BrClN3O7S/c1-5-6-20-40-37(44)32(21-26-10-8-7-9-11-26)41(24-27-12-14-28(38)15-13-27)36(43)25-42(31-22-29(39)16-18-33(31)47-2)50(45,46)30-17-19-34(48-3)35(23-30)49-4/h7-19,22-23,32H,5-6,20-21,24-25H2,1-4H3,(H,40,44)/t32-/m0/s1. The molecule has 13 heteroatoms. The van der Waals surface area contributed by atoms with Crippen LogP contribution in [0, 0.1) is 0 Å². The Morgan fingerprint density at radius 3 is 2.14 bits per heavy atom. The number of unbranched alkanes of at least 4 members (excludes halogenated alkanes) is 1. The first-order valence-corrected chi connectivity index (χ1v) is 18.6. The monoisotopic (exact) mass is 785 g/mol. The topological polar surface area (TPSA) is 114 Å². The number of halogens is 2. The normalized spacial score (nSPS) is 11.7. The van der Waals surface area contributed by atoms with Crippen LogP contribution in [-0.2, 0) is 32.6 Å². The van der Waals surface area contributed by atoms with Gasteiger partial charge in [-0.25, -0.2) is 8.42 Å². The molecule has 0 unspecified atom stereocenters. The lowest BCUT2D eigenvalue weighted by Crippen LogP contribution is -2.53. The molecule has 1 atom stereocenters. The Kier molecular flexibility index (Phi) is 14.0. The van der Waals surface area contributed by atoms with E-state index in [9.17, 15) is 18.0 Å². The third kappa shape index (κ3) is 9.70. The number of methoxy groups -OCH3 is 3. The summed E-state index contributed by atoms with van der Waals surface area (Å²) in [7, 11) is -0.251. The molecule has 0 aliphatic heterocycles. The first-order valence-electron chi connectivity index (χ1n) is 16.0. The summed E-state index contributed by atoms with van der Waals surface area (Å²) in [5.74, 6) is -0.286. The van der Waals surface area contributed by atoms with Crippen molar-refractivity contribution in [3.63, 3.8) is 0 Å². The fourth-order valence-electron chi connectivity index (χ4n) is 5.32. The number of hydrogen-bond donors (Lipinski definition) is 1. The Balaban J connectivity index is 1.86. The van der Waals surface area contributed by atoms with E-state index in [1.165, 1.54) is 56.6 Å². The maximum absolute atomic E-state index is 14.8. The lowest BCUT2D eigenvalue weighted by atomic mass is 10.0. The minimum atomic E-state index is -4.49. The molecule has 0 saturated carbocycles. The number of anilines is 1. The van der Waals surface area contributed by atoms with Gasteiger partial charge in [-0.2, -0.15) is 0 Å². The van der Waals surface area contributed by atoms with Crippen molar-refractivity contribution in [1.29, 1.82) is 0 Å². The maximum atomic E-state index is 14.8. The molecule has 0 radical (unpaired) electrons. The zero-order chi connectivity index (χ0) is 36.3. The number of carbonyl (C=O) groups is 2. The number of benzene rings is 4. The lowest BCUT2D eigenvalue weighted by molar-refractivity contribution is -0.140. The summed E-state index contributed by atoms with van der Waals surface area (Å²) < 4.78 is 47.2. The number of ether oxygens (including phenoxy) is 3. The molecule has 4 aromatic rings. The molecular weight excluding hydrogens is 746 g/mol. The van der Waals surface area contributed by atoms with Gasteiger partial charge in [-0.1, -0.05) is 83.3 Å². The molecule has 0 aromatic heterocycles. The Labute approximate surface area is 307 Å². The van der Waals surface area contributed by atoms with Crippen LogP contribution in [-0.4, -0.2) is 65.6 Å². The first-order chi connectivity index (χ1) is 24.0. The largest absolute Gasteiger partial charge is 0.495 e. The highest BCUT2D eigenvalue weighted by Crippen LogP contribution is 2.37. The third-order valence-electron chi connectivity index (χ3n) is 8.00. The SMILES string of the molecule is CCCCNC(=O)[C@H](Cc1ccccc1)N(Cc1ccc(Br)cc1)C(=O)CN(c1cc(Cl)ccc1OC)S(=O)(=O)c1ccc(OC)c(OC)c1. The summed E-state index contributed by atoms with van der Waals surface area (Å²) in [6.45, 7) is 1.80. The smallest absolute Gasteiger partial charge is 0.265 e. The van der Waals surface area contributed by atoms with Gasteiger partial charge in [0.05, 0.1) is 31.9 Å². The number of nitrogens with zero attached hydrogens (tertiary/aromatic N) is 2. The fraction of sp³-hybridized carbons (Fsp3) is 0.297. The lowest BCUT2D eigenvalue weighted by Gasteiger charge is -2.34. The number of amides is 2. The molecule has 4 rings (SSSR count). The van der Waals surface area contributed by atoms with Crippen molar-refractivity contribution in [3.05, 3.63) is 112 Å². The molecular formula is C37H41BrClN3O7S. The molecule has 0 aliphatic carbocycles. The van der Waals surface area contributed by atoms with Crippen LogP contribution >= 0.6 is 27.5 Å². The molecule has 2 amide bonds. The molecule has 1 N–H and O–H groups in total. The zero-order valence-corrected chi connectivity index (χ0v) is 31.6. The van der Waals surface area contributed by atoms with Gasteiger partial charge < -0.3 is 24.4 Å². The van der Waals surface area contributed by atoms with E-state index in [-0.39, 0.29) is 46.0 Å². The number of rotatable bonds is 17. The van der Waals surface area contributed by atoms with E-state index in [0.717, 1.165) is 32.7 Å². The van der Waals surface area contributed by atoms with Crippen molar-refractivity contribution in [3.8, 4) is 17.2 Å². The van der Waals surface area contributed by atoms with Crippen molar-refractivity contribution < 1.29 is 32.2 Å². The highest BCUT2D eigenvalue weighted by Gasteiger charge is 2.36. The predicted molar refractivity (Wildman–Crippen MR) is 199 cm³/mol. The third-order valence-corrected chi connectivity index (χ3v) is 10.5. The molecule has 50 heavy (non-hydrogen) atoms. The maximum Gasteiger partial charge on any atom is 0.265 e. The van der Waals surface area contributed by atoms with Gasteiger partial charge >= 0.3 is 0 Å². The van der Waals surface area contributed by atoms with Crippen molar-refractivity contribution in [2.24, 2.45) is 0 Å². The molecule has 0 aliphatic rings. The molecule has 266 valence electrons. The van der Waals surface area contributed by atoms with Gasteiger partial charge in [0.1, 0.15) is 18.3 Å². The van der Waals surface area contributed by atoms with E-state index in [1.54, 1.807) is 6.07 Å². The van der Waals surface area contributed by atoms with Gasteiger partial charge in [-0.15, -0.1) is 0 Å². The molecule has 0 spiro atoms. The average Bonchev–Trinajstić information content (AvgIpc) is 3.12. The number of hydrogen-bond acceptors (Lipinski definition) is 7. The zero-order valence-electron chi connectivity index (χ0n) is 28.4. The van der Waals surface area contributed by atoms with E-state index in [1.807, 2.05) is 61.5 Å². The van der Waals surface area contributed by atoms with Crippen LogP contribution in [0.25, 0.3) is 0 Å². The van der Waals surface area contributed by atoms with Gasteiger partial charge in [0.2, 0.25) is 11.8 Å². The van der Waals surface area contributed by atoms with E-state index >= 15 is 0 Å². The summed E-state index contributed by atoms with van der Waals surface area (Å²) in [4.78, 5) is 30.0. The summed E-state index contributed by atoms with van der Waals surface area (Å²) in [6.07, 6.45) is 1.83.